The Morgan fingerprint density at radius 2 is 1.35 bits per heavy atom. The molecule has 1 atom stereocenters. The van der Waals surface area contributed by atoms with Gasteiger partial charge in [-0.25, -0.2) is 0 Å². The molecule has 0 heterocycles. The number of rotatable bonds is 15. The third-order valence-corrected chi connectivity index (χ3v) is 4.39. The molecule has 130 valence electrons. The Bertz CT molecular complexity index is 371. The number of benzene rings is 1. The topological polar surface area (TPSA) is 9.23 Å². The molecule has 0 N–H and O–H groups in total. The van der Waals surface area contributed by atoms with Crippen LogP contribution in [0.5, 0.6) is 0 Å². The molecule has 0 aliphatic carbocycles. The van der Waals surface area contributed by atoms with E-state index < -0.39 is 0 Å². The lowest BCUT2D eigenvalue weighted by Crippen LogP contribution is -2.02. The number of unbranched alkanes of at least 4 members (excludes halogenated alkanes) is 10. The fraction of sp³-hybridized carbons (Fsp3) is 0.636. The largest absolute Gasteiger partial charge is 0.369 e. The van der Waals surface area contributed by atoms with Gasteiger partial charge in [0.25, 0.3) is 0 Å². The van der Waals surface area contributed by atoms with Crippen molar-refractivity contribution in [1.82, 2.24) is 0 Å². The molecule has 1 nitrogen and oxygen atoms in total. The average molecular weight is 317 g/mol. The van der Waals surface area contributed by atoms with E-state index in [9.17, 15) is 0 Å². The van der Waals surface area contributed by atoms with Crippen molar-refractivity contribution in [3.05, 3.63) is 48.6 Å². The minimum absolute atomic E-state index is 0.0410. The van der Waals surface area contributed by atoms with Crippen molar-refractivity contribution in [3.63, 3.8) is 0 Å². The normalized spacial score (nSPS) is 12.2. The van der Waals surface area contributed by atoms with Crippen molar-refractivity contribution in [2.24, 2.45) is 0 Å². The first-order valence-corrected chi connectivity index (χ1v) is 9.67. The zero-order valence-electron chi connectivity index (χ0n) is 15.1. The predicted molar refractivity (Wildman–Crippen MR) is 102 cm³/mol. The summed E-state index contributed by atoms with van der Waals surface area (Å²) in [7, 11) is 0. The molecule has 1 aromatic rings. The van der Waals surface area contributed by atoms with Crippen LogP contribution in [-0.2, 0) is 4.74 Å². The SMILES string of the molecule is C=CC(OCCCCCCCCCCCCC)c1ccccc1. The molecule has 0 saturated heterocycles. The quantitative estimate of drug-likeness (QED) is 0.245. The molecule has 0 spiro atoms. The van der Waals surface area contributed by atoms with Crippen LogP contribution in [0, 0.1) is 0 Å². The van der Waals surface area contributed by atoms with Crippen LogP contribution in [0.1, 0.15) is 89.2 Å². The second-order valence-electron chi connectivity index (χ2n) is 6.47. The summed E-state index contributed by atoms with van der Waals surface area (Å²) in [6.07, 6.45) is 17.0. The van der Waals surface area contributed by atoms with Gasteiger partial charge in [0.1, 0.15) is 6.10 Å². The summed E-state index contributed by atoms with van der Waals surface area (Å²) in [5.74, 6) is 0. The Morgan fingerprint density at radius 1 is 0.826 bits per heavy atom. The van der Waals surface area contributed by atoms with E-state index in [1.807, 2.05) is 12.1 Å². The Morgan fingerprint density at radius 3 is 1.87 bits per heavy atom. The van der Waals surface area contributed by atoms with Gasteiger partial charge in [0.15, 0.2) is 0 Å². The highest BCUT2D eigenvalue weighted by atomic mass is 16.5. The van der Waals surface area contributed by atoms with Gasteiger partial charge in [-0.15, -0.1) is 6.58 Å². The third kappa shape index (κ3) is 10.3. The molecule has 0 aromatic heterocycles. The van der Waals surface area contributed by atoms with Crippen LogP contribution in [-0.4, -0.2) is 6.61 Å². The lowest BCUT2D eigenvalue weighted by Gasteiger charge is -2.14. The van der Waals surface area contributed by atoms with E-state index in [0.717, 1.165) is 13.0 Å². The molecule has 0 amide bonds. The summed E-state index contributed by atoms with van der Waals surface area (Å²) in [6.45, 7) is 7.00. The van der Waals surface area contributed by atoms with Crippen molar-refractivity contribution < 1.29 is 4.74 Å². The van der Waals surface area contributed by atoms with Gasteiger partial charge < -0.3 is 4.74 Å². The number of ether oxygens (including phenoxy) is 1. The summed E-state index contributed by atoms with van der Waals surface area (Å²) >= 11 is 0. The van der Waals surface area contributed by atoms with Crippen molar-refractivity contribution in [2.75, 3.05) is 6.61 Å². The molecule has 0 radical (unpaired) electrons. The van der Waals surface area contributed by atoms with Gasteiger partial charge in [-0.3, -0.25) is 0 Å². The molecule has 0 fully saturated rings. The molecule has 23 heavy (non-hydrogen) atoms. The predicted octanol–water partition coefficient (Wildman–Crippen LogP) is 7.24. The molecule has 0 bridgehead atoms. The Kier molecular flexibility index (Phi) is 12.6. The van der Waals surface area contributed by atoms with E-state index in [0.29, 0.717) is 0 Å². The van der Waals surface area contributed by atoms with Crippen molar-refractivity contribution in [1.29, 1.82) is 0 Å². The van der Waals surface area contributed by atoms with Crippen LogP contribution in [0.15, 0.2) is 43.0 Å². The van der Waals surface area contributed by atoms with Gasteiger partial charge in [-0.05, 0) is 12.0 Å². The van der Waals surface area contributed by atoms with E-state index in [1.165, 1.54) is 69.8 Å². The standard InChI is InChI=1S/C22H36O/c1-3-5-6-7-8-9-10-11-12-13-17-20-23-22(4-2)21-18-15-14-16-19-21/h4,14-16,18-19,22H,2-3,5-13,17,20H2,1H3. The molecule has 0 aliphatic heterocycles. The first-order chi connectivity index (χ1) is 11.4. The van der Waals surface area contributed by atoms with Crippen molar-refractivity contribution in [2.45, 2.75) is 83.7 Å². The number of hydrogen-bond donors (Lipinski definition) is 0. The van der Waals surface area contributed by atoms with Gasteiger partial charge in [-0.1, -0.05) is 108 Å². The molecule has 0 saturated carbocycles. The zero-order chi connectivity index (χ0) is 16.6. The minimum atomic E-state index is 0.0410. The van der Waals surface area contributed by atoms with Crippen LogP contribution in [0.25, 0.3) is 0 Å². The van der Waals surface area contributed by atoms with Crippen LogP contribution >= 0.6 is 0 Å². The Balaban J connectivity index is 1.92. The van der Waals surface area contributed by atoms with Gasteiger partial charge >= 0.3 is 0 Å². The molecule has 1 aromatic carbocycles. The fourth-order valence-electron chi connectivity index (χ4n) is 2.92. The summed E-state index contributed by atoms with van der Waals surface area (Å²) in [4.78, 5) is 0. The van der Waals surface area contributed by atoms with Crippen LogP contribution in [0.2, 0.25) is 0 Å². The maximum Gasteiger partial charge on any atom is 0.100 e. The summed E-state index contributed by atoms with van der Waals surface area (Å²) in [5, 5.41) is 0. The fourth-order valence-corrected chi connectivity index (χ4v) is 2.92. The molecule has 1 unspecified atom stereocenters. The molecule has 1 heteroatoms. The van der Waals surface area contributed by atoms with E-state index >= 15 is 0 Å². The number of hydrogen-bond acceptors (Lipinski definition) is 1. The van der Waals surface area contributed by atoms with Gasteiger partial charge in [0, 0.05) is 6.61 Å². The Labute approximate surface area is 144 Å². The van der Waals surface area contributed by atoms with Crippen LogP contribution in [0.4, 0.5) is 0 Å². The highest BCUT2D eigenvalue weighted by molar-refractivity contribution is 5.20. The lowest BCUT2D eigenvalue weighted by atomic mass is 10.1. The van der Waals surface area contributed by atoms with Crippen molar-refractivity contribution >= 4 is 0 Å². The molecule has 0 aliphatic rings. The van der Waals surface area contributed by atoms with Gasteiger partial charge in [-0.2, -0.15) is 0 Å². The van der Waals surface area contributed by atoms with E-state index in [4.69, 9.17) is 4.74 Å². The van der Waals surface area contributed by atoms with Gasteiger partial charge in [0.2, 0.25) is 0 Å². The summed E-state index contributed by atoms with van der Waals surface area (Å²) < 4.78 is 5.94. The maximum atomic E-state index is 5.94. The monoisotopic (exact) mass is 316 g/mol. The smallest absolute Gasteiger partial charge is 0.100 e. The second kappa shape index (κ2) is 14.5. The molecule has 1 rings (SSSR count). The zero-order valence-corrected chi connectivity index (χ0v) is 15.1. The van der Waals surface area contributed by atoms with E-state index in [1.54, 1.807) is 0 Å². The van der Waals surface area contributed by atoms with Gasteiger partial charge in [0.05, 0.1) is 0 Å². The summed E-state index contributed by atoms with van der Waals surface area (Å²) in [6, 6.07) is 10.3. The highest BCUT2D eigenvalue weighted by Crippen LogP contribution is 2.18. The third-order valence-electron chi connectivity index (χ3n) is 4.39. The first-order valence-electron chi connectivity index (χ1n) is 9.67. The summed E-state index contributed by atoms with van der Waals surface area (Å²) in [5.41, 5.74) is 1.20. The van der Waals surface area contributed by atoms with Crippen molar-refractivity contribution in [3.8, 4) is 0 Å². The van der Waals surface area contributed by atoms with Crippen LogP contribution in [0.3, 0.4) is 0 Å². The first kappa shape index (κ1) is 20.0. The highest BCUT2D eigenvalue weighted by Gasteiger charge is 2.06. The average Bonchev–Trinajstić information content (AvgIpc) is 2.60. The second-order valence-corrected chi connectivity index (χ2v) is 6.47. The van der Waals surface area contributed by atoms with E-state index in [2.05, 4.69) is 37.8 Å². The maximum absolute atomic E-state index is 5.94. The van der Waals surface area contributed by atoms with Crippen LogP contribution < -0.4 is 0 Å². The molecular weight excluding hydrogens is 280 g/mol. The lowest BCUT2D eigenvalue weighted by molar-refractivity contribution is 0.0821. The molecular formula is C22H36O. The minimum Gasteiger partial charge on any atom is -0.369 e. The van der Waals surface area contributed by atoms with E-state index in [-0.39, 0.29) is 6.10 Å². The Hall–Kier alpha value is -1.08.